The molecule has 0 atom stereocenters. The molecular weight excluding hydrogens is 202 g/mol. The first kappa shape index (κ1) is 10.6. The Morgan fingerprint density at radius 2 is 2.00 bits per heavy atom. The van der Waals surface area contributed by atoms with Crippen molar-refractivity contribution in [3.05, 3.63) is 52.7 Å². The molecule has 0 aliphatic carbocycles. The number of furan rings is 1. The Kier molecular flexibility index (Phi) is 2.60. The molecule has 0 aromatic carbocycles. The Morgan fingerprint density at radius 1 is 1.25 bits per heavy atom. The lowest BCUT2D eigenvalue weighted by Gasteiger charge is -1.97. The molecule has 0 saturated heterocycles. The number of carbonyl (C=O) groups excluding carboxylic acids is 1. The summed E-state index contributed by atoms with van der Waals surface area (Å²) in [4.78, 5) is 16.1. The van der Waals surface area contributed by atoms with Crippen LogP contribution in [0.5, 0.6) is 0 Å². The molecule has 82 valence electrons. The van der Waals surface area contributed by atoms with Gasteiger partial charge in [-0.1, -0.05) is 0 Å². The Morgan fingerprint density at radius 3 is 2.56 bits per heavy atom. The van der Waals surface area contributed by atoms with Gasteiger partial charge in [-0.15, -0.1) is 0 Å². The second-order valence-corrected chi connectivity index (χ2v) is 3.90. The highest BCUT2D eigenvalue weighted by Crippen LogP contribution is 2.16. The van der Waals surface area contributed by atoms with Crippen molar-refractivity contribution in [2.45, 2.75) is 20.8 Å². The van der Waals surface area contributed by atoms with Crippen molar-refractivity contribution in [2.75, 3.05) is 0 Å². The van der Waals surface area contributed by atoms with Crippen molar-refractivity contribution in [3.8, 4) is 0 Å². The highest BCUT2D eigenvalue weighted by atomic mass is 16.3. The molecule has 0 radical (unpaired) electrons. The number of pyridine rings is 1. The molecule has 16 heavy (non-hydrogen) atoms. The summed E-state index contributed by atoms with van der Waals surface area (Å²) in [5.74, 6) is 0.962. The number of hydrogen-bond donors (Lipinski definition) is 0. The first-order valence-electron chi connectivity index (χ1n) is 5.12. The molecule has 3 nitrogen and oxygen atoms in total. The van der Waals surface area contributed by atoms with Crippen LogP contribution in [0.4, 0.5) is 0 Å². The zero-order chi connectivity index (χ0) is 11.7. The van der Waals surface area contributed by atoms with Gasteiger partial charge in [0, 0.05) is 6.20 Å². The maximum atomic E-state index is 12.0. The predicted molar refractivity (Wildman–Crippen MR) is 60.6 cm³/mol. The Balaban J connectivity index is 2.39. The van der Waals surface area contributed by atoms with Crippen LogP contribution in [0, 0.1) is 20.8 Å². The molecule has 0 unspecified atom stereocenters. The second kappa shape index (κ2) is 3.93. The van der Waals surface area contributed by atoms with Gasteiger partial charge in [0.1, 0.15) is 11.5 Å². The fourth-order valence-corrected chi connectivity index (χ4v) is 1.47. The molecule has 0 amide bonds. The van der Waals surface area contributed by atoms with E-state index in [1.165, 1.54) is 0 Å². The normalized spacial score (nSPS) is 10.4. The monoisotopic (exact) mass is 215 g/mol. The molecule has 2 heterocycles. The van der Waals surface area contributed by atoms with Gasteiger partial charge in [0.25, 0.3) is 0 Å². The molecule has 0 aliphatic rings. The Hall–Kier alpha value is -1.90. The van der Waals surface area contributed by atoms with E-state index in [9.17, 15) is 4.79 Å². The fourth-order valence-electron chi connectivity index (χ4n) is 1.47. The molecule has 0 saturated carbocycles. The fraction of sp³-hybridized carbons (Fsp3) is 0.231. The zero-order valence-electron chi connectivity index (χ0n) is 9.57. The van der Waals surface area contributed by atoms with Crippen molar-refractivity contribution in [1.82, 2.24) is 4.98 Å². The van der Waals surface area contributed by atoms with Gasteiger partial charge in [-0.25, -0.2) is 0 Å². The van der Waals surface area contributed by atoms with E-state index in [0.29, 0.717) is 11.5 Å². The van der Waals surface area contributed by atoms with Gasteiger partial charge in [-0.05, 0) is 50.1 Å². The van der Waals surface area contributed by atoms with Crippen LogP contribution in [-0.4, -0.2) is 10.8 Å². The van der Waals surface area contributed by atoms with Crippen LogP contribution in [-0.2, 0) is 0 Å². The lowest BCUT2D eigenvalue weighted by molar-refractivity contribution is 0.100. The molecule has 0 fully saturated rings. The van der Waals surface area contributed by atoms with Gasteiger partial charge >= 0.3 is 0 Å². The number of aromatic nitrogens is 1. The molecule has 2 aromatic heterocycles. The van der Waals surface area contributed by atoms with Crippen LogP contribution in [0.1, 0.15) is 33.1 Å². The molecule has 2 aromatic rings. The zero-order valence-corrected chi connectivity index (χ0v) is 9.57. The third-order valence-corrected chi connectivity index (χ3v) is 2.54. The topological polar surface area (TPSA) is 43.1 Å². The lowest BCUT2D eigenvalue weighted by Crippen LogP contribution is -2.02. The predicted octanol–water partition coefficient (Wildman–Crippen LogP) is 2.83. The number of rotatable bonds is 2. The summed E-state index contributed by atoms with van der Waals surface area (Å²) < 4.78 is 5.38. The minimum atomic E-state index is -0.167. The van der Waals surface area contributed by atoms with Crippen LogP contribution in [0.2, 0.25) is 0 Å². The maximum absolute atomic E-state index is 12.0. The smallest absolute Gasteiger partial charge is 0.246 e. The van der Waals surface area contributed by atoms with Crippen molar-refractivity contribution < 1.29 is 9.21 Å². The van der Waals surface area contributed by atoms with Crippen molar-refractivity contribution in [2.24, 2.45) is 0 Å². The first-order chi connectivity index (χ1) is 7.58. The average molecular weight is 215 g/mol. The van der Waals surface area contributed by atoms with Crippen LogP contribution in [0.3, 0.4) is 0 Å². The first-order valence-corrected chi connectivity index (χ1v) is 5.12. The highest BCUT2D eigenvalue weighted by Gasteiger charge is 2.15. The summed E-state index contributed by atoms with van der Waals surface area (Å²) in [6, 6.07) is 5.37. The summed E-state index contributed by atoms with van der Waals surface area (Å²) >= 11 is 0. The van der Waals surface area contributed by atoms with Gasteiger partial charge in [-0.3, -0.25) is 9.78 Å². The van der Waals surface area contributed by atoms with Gasteiger partial charge in [0.05, 0.1) is 0 Å². The van der Waals surface area contributed by atoms with E-state index in [1.54, 1.807) is 18.3 Å². The van der Waals surface area contributed by atoms with Crippen molar-refractivity contribution in [1.29, 1.82) is 0 Å². The quantitative estimate of drug-likeness (QED) is 0.723. The Labute approximate surface area is 94.1 Å². The summed E-state index contributed by atoms with van der Waals surface area (Å²) in [5, 5.41) is 0. The van der Waals surface area contributed by atoms with Gasteiger partial charge < -0.3 is 4.42 Å². The average Bonchev–Trinajstić information content (AvgIpc) is 2.58. The maximum Gasteiger partial charge on any atom is 0.246 e. The summed E-state index contributed by atoms with van der Waals surface area (Å²) in [6.45, 7) is 5.69. The molecular formula is C13H13NO2. The largest absolute Gasteiger partial charge is 0.458 e. The standard InChI is InChI=1S/C13H13NO2/c1-8-4-5-14-11(6-8)13(15)12-7-9(2)10(3)16-12/h4-7H,1-3H3. The molecule has 0 aliphatic heterocycles. The minimum Gasteiger partial charge on any atom is -0.458 e. The molecule has 2 rings (SSSR count). The van der Waals surface area contributed by atoms with Gasteiger partial charge in [0.15, 0.2) is 5.76 Å². The third-order valence-electron chi connectivity index (χ3n) is 2.54. The summed E-state index contributed by atoms with van der Waals surface area (Å²) in [6.07, 6.45) is 1.63. The molecule has 3 heteroatoms. The van der Waals surface area contributed by atoms with Crippen molar-refractivity contribution >= 4 is 5.78 Å². The van der Waals surface area contributed by atoms with E-state index < -0.39 is 0 Å². The van der Waals surface area contributed by atoms with Crippen LogP contribution >= 0.6 is 0 Å². The Bertz CT molecular complexity index is 521. The molecule has 0 N–H and O–H groups in total. The van der Waals surface area contributed by atoms with E-state index >= 15 is 0 Å². The number of carbonyl (C=O) groups is 1. The van der Waals surface area contributed by atoms with Crippen LogP contribution in [0.25, 0.3) is 0 Å². The third kappa shape index (κ3) is 1.89. The van der Waals surface area contributed by atoms with E-state index in [-0.39, 0.29) is 5.78 Å². The SMILES string of the molecule is Cc1ccnc(C(=O)c2cc(C)c(C)o2)c1. The lowest BCUT2D eigenvalue weighted by atomic mass is 10.1. The summed E-state index contributed by atoms with van der Waals surface area (Å²) in [5.41, 5.74) is 2.42. The number of hydrogen-bond acceptors (Lipinski definition) is 3. The highest BCUT2D eigenvalue weighted by molar-refractivity contribution is 6.05. The van der Waals surface area contributed by atoms with E-state index in [4.69, 9.17) is 4.42 Å². The number of ketones is 1. The second-order valence-electron chi connectivity index (χ2n) is 3.90. The minimum absolute atomic E-state index is 0.167. The van der Waals surface area contributed by atoms with E-state index in [0.717, 1.165) is 16.9 Å². The van der Waals surface area contributed by atoms with E-state index in [2.05, 4.69) is 4.98 Å². The van der Waals surface area contributed by atoms with Gasteiger partial charge in [-0.2, -0.15) is 0 Å². The number of aryl methyl sites for hydroxylation is 3. The molecule has 0 spiro atoms. The van der Waals surface area contributed by atoms with Gasteiger partial charge in [0.2, 0.25) is 5.78 Å². The van der Waals surface area contributed by atoms with Crippen molar-refractivity contribution in [3.63, 3.8) is 0 Å². The number of nitrogens with zero attached hydrogens (tertiary/aromatic N) is 1. The molecule has 0 bridgehead atoms. The van der Waals surface area contributed by atoms with E-state index in [1.807, 2.05) is 26.8 Å². The van der Waals surface area contributed by atoms with Crippen LogP contribution in [0.15, 0.2) is 28.8 Å². The summed E-state index contributed by atoms with van der Waals surface area (Å²) in [7, 11) is 0. The van der Waals surface area contributed by atoms with Crippen LogP contribution < -0.4 is 0 Å².